The number of hydrazine groups is 1. The summed E-state index contributed by atoms with van der Waals surface area (Å²) in [5.41, 5.74) is 5.40. The molecular weight excluding hydrogens is 326 g/mol. The quantitative estimate of drug-likeness (QED) is 0.542. The van der Waals surface area contributed by atoms with Crippen LogP contribution < -0.4 is 20.9 Å². The van der Waals surface area contributed by atoms with E-state index in [-0.39, 0.29) is 22.8 Å². The summed E-state index contributed by atoms with van der Waals surface area (Å²) in [6, 6.07) is 6.79. The average molecular weight is 351 g/mol. The zero-order valence-corrected chi connectivity index (χ0v) is 15.3. The first-order valence-electron chi connectivity index (χ1n) is 7.91. The van der Waals surface area contributed by atoms with Gasteiger partial charge in [0.25, 0.3) is 5.91 Å². The van der Waals surface area contributed by atoms with Crippen LogP contribution in [0.4, 0.5) is 0 Å². The fraction of sp³-hybridized carbons (Fsp3) is 0.471. The number of amides is 2. The number of ether oxygens (including phenoxy) is 1. The standard InChI is InChI=1S/C17H25N3O3S/c1-11(2)9-15(21)18-17(24)20-19-16(22)13-5-7-14(8-6-13)23-10-12(3)4/h5-8,11-12H,9-10H2,1-4H3,(H,19,22)(H2,18,20,21,24). The van der Waals surface area contributed by atoms with Crippen LogP contribution in [0.25, 0.3) is 0 Å². The van der Waals surface area contributed by atoms with Gasteiger partial charge in [0.1, 0.15) is 5.75 Å². The minimum Gasteiger partial charge on any atom is -0.493 e. The Hall–Kier alpha value is -2.15. The van der Waals surface area contributed by atoms with Gasteiger partial charge in [0.15, 0.2) is 5.11 Å². The Labute approximate surface area is 148 Å². The average Bonchev–Trinajstić information content (AvgIpc) is 2.50. The number of carbonyl (C=O) groups is 2. The first-order valence-corrected chi connectivity index (χ1v) is 8.31. The summed E-state index contributed by atoms with van der Waals surface area (Å²) in [6.45, 7) is 8.63. The highest BCUT2D eigenvalue weighted by Gasteiger charge is 2.09. The highest BCUT2D eigenvalue weighted by Crippen LogP contribution is 2.13. The number of rotatable bonds is 6. The van der Waals surface area contributed by atoms with Crippen molar-refractivity contribution in [2.45, 2.75) is 34.1 Å². The van der Waals surface area contributed by atoms with Crippen LogP contribution in [0.1, 0.15) is 44.5 Å². The molecule has 0 bridgehead atoms. The maximum absolute atomic E-state index is 12.0. The van der Waals surface area contributed by atoms with Gasteiger partial charge in [-0.25, -0.2) is 0 Å². The van der Waals surface area contributed by atoms with E-state index in [0.717, 1.165) is 0 Å². The second-order valence-electron chi connectivity index (χ2n) is 6.28. The Balaban J connectivity index is 2.42. The molecule has 0 aliphatic heterocycles. The summed E-state index contributed by atoms with van der Waals surface area (Å²) in [4.78, 5) is 23.6. The summed E-state index contributed by atoms with van der Waals surface area (Å²) in [5, 5.41) is 2.56. The van der Waals surface area contributed by atoms with E-state index in [4.69, 9.17) is 17.0 Å². The molecule has 1 aromatic carbocycles. The van der Waals surface area contributed by atoms with Crippen molar-refractivity contribution in [3.8, 4) is 5.75 Å². The first kappa shape index (κ1) is 19.9. The summed E-state index contributed by atoms with van der Waals surface area (Å²) in [5.74, 6) is 0.835. The van der Waals surface area contributed by atoms with E-state index in [1.807, 2.05) is 13.8 Å². The number of benzene rings is 1. The van der Waals surface area contributed by atoms with E-state index in [1.54, 1.807) is 24.3 Å². The number of hydrogen-bond acceptors (Lipinski definition) is 4. The highest BCUT2D eigenvalue weighted by atomic mass is 32.1. The van der Waals surface area contributed by atoms with Crippen molar-refractivity contribution in [2.75, 3.05) is 6.61 Å². The third-order valence-corrected chi connectivity index (χ3v) is 3.04. The molecule has 0 spiro atoms. The van der Waals surface area contributed by atoms with E-state index in [2.05, 4.69) is 30.0 Å². The third-order valence-electron chi connectivity index (χ3n) is 2.84. The lowest BCUT2D eigenvalue weighted by atomic mass is 10.1. The van der Waals surface area contributed by atoms with Crippen LogP contribution in [0.15, 0.2) is 24.3 Å². The third kappa shape index (κ3) is 7.92. The number of thiocarbonyl (C=S) groups is 1. The molecule has 0 aliphatic rings. The van der Waals surface area contributed by atoms with Crippen molar-refractivity contribution in [1.29, 1.82) is 0 Å². The van der Waals surface area contributed by atoms with Gasteiger partial charge in [-0.2, -0.15) is 0 Å². The molecule has 6 nitrogen and oxygen atoms in total. The lowest BCUT2D eigenvalue weighted by Gasteiger charge is -2.12. The predicted molar refractivity (Wildman–Crippen MR) is 97.6 cm³/mol. The number of carbonyl (C=O) groups excluding carboxylic acids is 2. The van der Waals surface area contributed by atoms with Crippen molar-refractivity contribution >= 4 is 29.1 Å². The summed E-state index contributed by atoms with van der Waals surface area (Å²) >= 11 is 4.95. The molecule has 24 heavy (non-hydrogen) atoms. The van der Waals surface area contributed by atoms with Gasteiger partial charge in [0.05, 0.1) is 6.61 Å². The van der Waals surface area contributed by atoms with Gasteiger partial charge in [-0.05, 0) is 48.3 Å². The first-order chi connectivity index (χ1) is 11.3. The zero-order valence-electron chi connectivity index (χ0n) is 14.5. The molecule has 0 saturated carbocycles. The van der Waals surface area contributed by atoms with Crippen LogP contribution in [0.5, 0.6) is 5.75 Å². The van der Waals surface area contributed by atoms with Gasteiger partial charge in [0.2, 0.25) is 5.91 Å². The lowest BCUT2D eigenvalue weighted by molar-refractivity contribution is -0.120. The molecular formula is C17H25N3O3S. The van der Waals surface area contributed by atoms with Crippen LogP contribution in [0, 0.1) is 11.8 Å². The molecule has 0 aromatic heterocycles. The molecule has 0 aliphatic carbocycles. The Morgan fingerprint density at radius 2 is 1.67 bits per heavy atom. The topological polar surface area (TPSA) is 79.5 Å². The van der Waals surface area contributed by atoms with Gasteiger partial charge < -0.3 is 10.1 Å². The molecule has 0 atom stereocenters. The predicted octanol–water partition coefficient (Wildman–Crippen LogP) is 2.40. The van der Waals surface area contributed by atoms with Crippen LogP contribution in [0.2, 0.25) is 0 Å². The Bertz CT molecular complexity index is 571. The molecule has 0 radical (unpaired) electrons. The monoisotopic (exact) mass is 351 g/mol. The SMILES string of the molecule is CC(C)COc1ccc(C(=O)NNC(=S)NC(=O)CC(C)C)cc1. The van der Waals surface area contributed by atoms with Crippen molar-refractivity contribution in [3.63, 3.8) is 0 Å². The molecule has 0 heterocycles. The maximum atomic E-state index is 12.0. The smallest absolute Gasteiger partial charge is 0.269 e. The van der Waals surface area contributed by atoms with E-state index >= 15 is 0 Å². The van der Waals surface area contributed by atoms with E-state index in [0.29, 0.717) is 30.3 Å². The largest absolute Gasteiger partial charge is 0.493 e. The Kier molecular flexibility index (Phi) is 8.18. The van der Waals surface area contributed by atoms with Gasteiger partial charge in [0, 0.05) is 12.0 Å². The number of nitrogens with one attached hydrogen (secondary N) is 3. The second-order valence-corrected chi connectivity index (χ2v) is 6.69. The van der Waals surface area contributed by atoms with Crippen molar-refractivity contribution in [1.82, 2.24) is 16.2 Å². The second kappa shape index (κ2) is 9.87. The van der Waals surface area contributed by atoms with Gasteiger partial charge in [-0.1, -0.05) is 27.7 Å². The van der Waals surface area contributed by atoms with Crippen molar-refractivity contribution < 1.29 is 14.3 Å². The molecule has 0 fully saturated rings. The summed E-state index contributed by atoms with van der Waals surface area (Å²) in [7, 11) is 0. The van der Waals surface area contributed by atoms with E-state index in [1.165, 1.54) is 0 Å². The number of hydrogen-bond donors (Lipinski definition) is 3. The fourth-order valence-electron chi connectivity index (χ4n) is 1.73. The minimum atomic E-state index is -0.356. The molecule has 3 N–H and O–H groups in total. The molecule has 0 unspecified atom stereocenters. The van der Waals surface area contributed by atoms with Crippen LogP contribution in [-0.4, -0.2) is 23.5 Å². The zero-order chi connectivity index (χ0) is 18.1. The molecule has 132 valence electrons. The summed E-state index contributed by atoms with van der Waals surface area (Å²) in [6.07, 6.45) is 0.369. The molecule has 1 rings (SSSR count). The molecule has 2 amide bonds. The molecule has 7 heteroatoms. The van der Waals surface area contributed by atoms with Crippen molar-refractivity contribution in [2.24, 2.45) is 11.8 Å². The van der Waals surface area contributed by atoms with Crippen molar-refractivity contribution in [3.05, 3.63) is 29.8 Å². The van der Waals surface area contributed by atoms with Gasteiger partial charge >= 0.3 is 0 Å². The highest BCUT2D eigenvalue weighted by molar-refractivity contribution is 7.80. The van der Waals surface area contributed by atoms with Gasteiger partial charge in [-0.3, -0.25) is 20.4 Å². The van der Waals surface area contributed by atoms with Crippen LogP contribution in [-0.2, 0) is 4.79 Å². The molecule has 0 saturated heterocycles. The fourth-order valence-corrected chi connectivity index (χ4v) is 1.90. The van der Waals surface area contributed by atoms with Crippen LogP contribution >= 0.6 is 12.2 Å². The lowest BCUT2D eigenvalue weighted by Crippen LogP contribution is -2.48. The summed E-state index contributed by atoms with van der Waals surface area (Å²) < 4.78 is 5.56. The van der Waals surface area contributed by atoms with Gasteiger partial charge in [-0.15, -0.1) is 0 Å². The van der Waals surface area contributed by atoms with E-state index in [9.17, 15) is 9.59 Å². The van der Waals surface area contributed by atoms with E-state index < -0.39 is 0 Å². The molecule has 1 aromatic rings. The normalized spacial score (nSPS) is 10.4. The minimum absolute atomic E-state index is 0.0610. The Morgan fingerprint density at radius 1 is 1.04 bits per heavy atom. The Morgan fingerprint density at radius 3 is 2.21 bits per heavy atom. The van der Waals surface area contributed by atoms with Crippen LogP contribution in [0.3, 0.4) is 0 Å². The maximum Gasteiger partial charge on any atom is 0.269 e.